The van der Waals surface area contributed by atoms with E-state index in [-0.39, 0.29) is 5.78 Å². The number of hydrogen-bond acceptors (Lipinski definition) is 3. The summed E-state index contributed by atoms with van der Waals surface area (Å²) in [7, 11) is 0. The zero-order valence-corrected chi connectivity index (χ0v) is 13.1. The molecule has 1 heterocycles. The molecule has 0 saturated heterocycles. The van der Waals surface area contributed by atoms with Gasteiger partial charge in [-0.1, -0.05) is 41.9 Å². The number of aliphatic hydroxyl groups is 1. The van der Waals surface area contributed by atoms with Crippen LogP contribution in [0.3, 0.4) is 0 Å². The number of nitrogens with one attached hydrogen (secondary N) is 1. The van der Waals surface area contributed by atoms with Crippen LogP contribution in [-0.4, -0.2) is 16.8 Å². The Morgan fingerprint density at radius 1 is 1.22 bits per heavy atom. The first-order valence-corrected chi connectivity index (χ1v) is 7.78. The predicted octanol–water partition coefficient (Wildman–Crippen LogP) is 2.84. The number of carbonyl (C=O) groups excluding carboxylic acids is 2. The summed E-state index contributed by atoms with van der Waals surface area (Å²) in [6, 6.07) is 10.5. The minimum Gasteiger partial charge on any atom is -0.375 e. The van der Waals surface area contributed by atoms with Gasteiger partial charge in [0, 0.05) is 16.1 Å². The van der Waals surface area contributed by atoms with Gasteiger partial charge in [0.2, 0.25) is 0 Å². The summed E-state index contributed by atoms with van der Waals surface area (Å²) in [5.74, 6) is -1.58. The molecule has 116 valence electrons. The third-order valence-corrected chi connectivity index (χ3v) is 5.33. The number of ketones is 1. The second-order valence-electron chi connectivity index (χ2n) is 6.09. The summed E-state index contributed by atoms with van der Waals surface area (Å²) in [6.07, 6.45) is 0.347. The maximum atomic E-state index is 12.7. The molecule has 2 N–H and O–H groups in total. The predicted molar refractivity (Wildman–Crippen MR) is 86.7 cm³/mol. The summed E-state index contributed by atoms with van der Waals surface area (Å²) < 4.78 is 0. The largest absolute Gasteiger partial charge is 0.375 e. The Labute approximate surface area is 138 Å². The van der Waals surface area contributed by atoms with Crippen molar-refractivity contribution in [3.63, 3.8) is 0 Å². The zero-order valence-electron chi connectivity index (χ0n) is 12.4. The van der Waals surface area contributed by atoms with Gasteiger partial charge in [0.05, 0.1) is 11.6 Å². The Kier molecular flexibility index (Phi) is 2.92. The highest BCUT2D eigenvalue weighted by molar-refractivity contribution is 6.32. The number of benzene rings is 2. The lowest BCUT2D eigenvalue weighted by molar-refractivity contribution is -0.137. The lowest BCUT2D eigenvalue weighted by Gasteiger charge is -2.26. The fourth-order valence-corrected chi connectivity index (χ4v) is 3.78. The zero-order chi connectivity index (χ0) is 16.4. The Morgan fingerprint density at radius 2 is 1.96 bits per heavy atom. The first kappa shape index (κ1) is 14.4. The van der Waals surface area contributed by atoms with Crippen LogP contribution in [0.5, 0.6) is 0 Å². The molecule has 0 radical (unpaired) electrons. The van der Waals surface area contributed by atoms with E-state index in [1.54, 1.807) is 31.2 Å². The standard InChI is InChI=1S/C18H14ClNO3/c1-9-14(19)7-6-12-15(9)20-17(22)18(12,23)13-8-10-4-2-3-5-11(10)16(13)21/h2-7,13,23H,8H2,1H3,(H,20,22)/t13-,18+/m1/s1. The molecular weight excluding hydrogens is 314 g/mol. The van der Waals surface area contributed by atoms with E-state index in [2.05, 4.69) is 5.32 Å². The Balaban J connectivity index is 1.87. The molecular formula is C18H14ClNO3. The molecule has 1 aliphatic carbocycles. The molecule has 2 aromatic rings. The van der Waals surface area contributed by atoms with E-state index >= 15 is 0 Å². The molecule has 4 rings (SSSR count). The lowest BCUT2D eigenvalue weighted by Crippen LogP contribution is -2.44. The van der Waals surface area contributed by atoms with Crippen LogP contribution in [0.2, 0.25) is 5.02 Å². The van der Waals surface area contributed by atoms with Gasteiger partial charge in [0.25, 0.3) is 5.91 Å². The van der Waals surface area contributed by atoms with E-state index in [0.717, 1.165) is 5.56 Å². The van der Waals surface area contributed by atoms with E-state index in [0.29, 0.717) is 33.8 Å². The molecule has 0 fully saturated rings. The van der Waals surface area contributed by atoms with Gasteiger partial charge in [-0.05, 0) is 30.5 Å². The summed E-state index contributed by atoms with van der Waals surface area (Å²) in [4.78, 5) is 25.3. The fraction of sp³-hybridized carbons (Fsp3) is 0.222. The second-order valence-corrected chi connectivity index (χ2v) is 6.50. The number of amides is 1. The van der Waals surface area contributed by atoms with Crippen LogP contribution in [0.25, 0.3) is 0 Å². The Morgan fingerprint density at radius 3 is 2.70 bits per heavy atom. The third kappa shape index (κ3) is 1.76. The summed E-state index contributed by atoms with van der Waals surface area (Å²) in [6.45, 7) is 1.78. The monoisotopic (exact) mass is 327 g/mol. The van der Waals surface area contributed by atoms with E-state index in [1.165, 1.54) is 0 Å². The van der Waals surface area contributed by atoms with Crippen molar-refractivity contribution in [1.29, 1.82) is 0 Å². The maximum absolute atomic E-state index is 12.7. The second kappa shape index (κ2) is 4.66. The molecule has 1 amide bonds. The smallest absolute Gasteiger partial charge is 0.261 e. The summed E-state index contributed by atoms with van der Waals surface area (Å²) in [5, 5.41) is 14.4. The maximum Gasteiger partial charge on any atom is 0.261 e. The van der Waals surface area contributed by atoms with Gasteiger partial charge in [-0.2, -0.15) is 0 Å². The fourth-order valence-electron chi connectivity index (χ4n) is 3.62. The van der Waals surface area contributed by atoms with Crippen LogP contribution in [0.1, 0.15) is 27.0 Å². The van der Waals surface area contributed by atoms with Gasteiger partial charge in [-0.3, -0.25) is 9.59 Å². The first-order chi connectivity index (χ1) is 10.9. The number of Topliss-reactive ketones (excluding diaryl/α,β-unsaturated/α-hetero) is 1. The molecule has 0 saturated carbocycles. The van der Waals surface area contributed by atoms with Crippen molar-refractivity contribution in [3.8, 4) is 0 Å². The van der Waals surface area contributed by atoms with Crippen LogP contribution in [0.4, 0.5) is 5.69 Å². The topological polar surface area (TPSA) is 66.4 Å². The van der Waals surface area contributed by atoms with Crippen LogP contribution in [0.15, 0.2) is 36.4 Å². The molecule has 5 heteroatoms. The Bertz CT molecular complexity index is 877. The van der Waals surface area contributed by atoms with Crippen molar-refractivity contribution < 1.29 is 14.7 Å². The number of fused-ring (bicyclic) bond motifs is 2. The summed E-state index contributed by atoms with van der Waals surface area (Å²) >= 11 is 6.09. The third-order valence-electron chi connectivity index (χ3n) is 4.92. The van der Waals surface area contributed by atoms with Crippen molar-refractivity contribution in [2.24, 2.45) is 5.92 Å². The molecule has 2 aliphatic rings. The normalized spacial score (nSPS) is 25.3. The van der Waals surface area contributed by atoms with Crippen molar-refractivity contribution >= 4 is 29.0 Å². The van der Waals surface area contributed by atoms with Gasteiger partial charge in [0.15, 0.2) is 11.4 Å². The van der Waals surface area contributed by atoms with Crippen molar-refractivity contribution in [3.05, 3.63) is 63.7 Å². The SMILES string of the molecule is Cc1c(Cl)ccc2c1NC(=O)[C@@]2(O)[C@@H]1Cc2ccccc2C1=O. The molecule has 23 heavy (non-hydrogen) atoms. The van der Waals surface area contributed by atoms with E-state index < -0.39 is 17.4 Å². The molecule has 0 unspecified atom stereocenters. The van der Waals surface area contributed by atoms with E-state index in [4.69, 9.17) is 11.6 Å². The van der Waals surface area contributed by atoms with E-state index in [1.807, 2.05) is 12.1 Å². The number of rotatable bonds is 1. The average Bonchev–Trinajstić information content (AvgIpc) is 3.01. The molecule has 0 spiro atoms. The van der Waals surface area contributed by atoms with Gasteiger partial charge in [0.1, 0.15) is 0 Å². The van der Waals surface area contributed by atoms with Crippen LogP contribution >= 0.6 is 11.6 Å². The number of hydrogen-bond donors (Lipinski definition) is 2. The van der Waals surface area contributed by atoms with Gasteiger partial charge >= 0.3 is 0 Å². The molecule has 1 aliphatic heterocycles. The number of anilines is 1. The quantitative estimate of drug-likeness (QED) is 0.846. The molecule has 2 aromatic carbocycles. The van der Waals surface area contributed by atoms with Gasteiger partial charge in [-0.25, -0.2) is 0 Å². The molecule has 4 nitrogen and oxygen atoms in total. The van der Waals surface area contributed by atoms with Gasteiger partial charge in [-0.15, -0.1) is 0 Å². The highest BCUT2D eigenvalue weighted by Crippen LogP contribution is 2.48. The van der Waals surface area contributed by atoms with Crippen LogP contribution in [0, 0.1) is 12.8 Å². The van der Waals surface area contributed by atoms with Crippen LogP contribution < -0.4 is 5.32 Å². The molecule has 0 aromatic heterocycles. The number of halogens is 1. The van der Waals surface area contributed by atoms with Crippen LogP contribution in [-0.2, 0) is 16.8 Å². The first-order valence-electron chi connectivity index (χ1n) is 7.40. The van der Waals surface area contributed by atoms with Crippen molar-refractivity contribution in [2.45, 2.75) is 18.9 Å². The summed E-state index contributed by atoms with van der Waals surface area (Å²) in [5.41, 5.74) is 1.21. The van der Waals surface area contributed by atoms with Crippen molar-refractivity contribution in [2.75, 3.05) is 5.32 Å². The Hall–Kier alpha value is -2.17. The minimum absolute atomic E-state index is 0.196. The molecule has 0 bridgehead atoms. The molecule has 2 atom stereocenters. The minimum atomic E-state index is -1.86. The van der Waals surface area contributed by atoms with Gasteiger partial charge < -0.3 is 10.4 Å². The highest BCUT2D eigenvalue weighted by atomic mass is 35.5. The van der Waals surface area contributed by atoms with Crippen molar-refractivity contribution in [1.82, 2.24) is 0 Å². The number of carbonyl (C=O) groups is 2. The average molecular weight is 328 g/mol. The lowest BCUT2D eigenvalue weighted by atomic mass is 9.79. The van der Waals surface area contributed by atoms with E-state index in [9.17, 15) is 14.7 Å². The highest BCUT2D eigenvalue weighted by Gasteiger charge is 2.56.